The van der Waals surface area contributed by atoms with Crippen molar-refractivity contribution in [3.8, 4) is 11.5 Å². The van der Waals surface area contributed by atoms with Crippen LogP contribution in [0.3, 0.4) is 0 Å². The zero-order chi connectivity index (χ0) is 22.0. The maximum atomic E-state index is 13.1. The Balaban J connectivity index is 1.54. The highest BCUT2D eigenvalue weighted by molar-refractivity contribution is 7.92. The third-order valence-corrected chi connectivity index (χ3v) is 6.99. The standard InChI is InChI=1S/C23H22N2O5S/c1-29-19-13-18(14-20(15-19)30-2)24-23(26)17-7-9-21(10-8-17)31(27,28)25-12-11-16-5-3-4-6-22(16)25/h3-10,13-15H,11-12H2,1-2H3,(H,24,26). The largest absolute Gasteiger partial charge is 0.497 e. The number of hydrogen-bond acceptors (Lipinski definition) is 5. The average molecular weight is 439 g/mol. The predicted octanol–water partition coefficient (Wildman–Crippen LogP) is 3.71. The molecule has 8 heteroatoms. The lowest BCUT2D eigenvalue weighted by molar-refractivity contribution is 0.102. The van der Waals surface area contributed by atoms with Gasteiger partial charge in [-0.3, -0.25) is 9.10 Å². The molecule has 1 aliphatic heterocycles. The maximum absolute atomic E-state index is 13.1. The summed E-state index contributed by atoms with van der Waals surface area (Å²) >= 11 is 0. The molecular weight excluding hydrogens is 416 g/mol. The van der Waals surface area contributed by atoms with E-state index in [1.54, 1.807) is 18.2 Å². The van der Waals surface area contributed by atoms with E-state index in [2.05, 4.69) is 5.32 Å². The second kappa shape index (κ2) is 8.31. The number of hydrogen-bond donors (Lipinski definition) is 1. The number of nitrogens with zero attached hydrogens (tertiary/aromatic N) is 1. The Kier molecular flexibility index (Phi) is 5.56. The van der Waals surface area contributed by atoms with Gasteiger partial charge in [-0.15, -0.1) is 0 Å². The van der Waals surface area contributed by atoms with Gasteiger partial charge in [0.05, 0.1) is 24.8 Å². The fourth-order valence-corrected chi connectivity index (χ4v) is 5.05. The minimum Gasteiger partial charge on any atom is -0.497 e. The SMILES string of the molecule is COc1cc(NC(=O)c2ccc(S(=O)(=O)N3CCc4ccccc43)cc2)cc(OC)c1. The number of anilines is 2. The molecule has 0 spiro atoms. The van der Waals surface area contributed by atoms with E-state index in [4.69, 9.17) is 9.47 Å². The number of fused-ring (bicyclic) bond motifs is 1. The quantitative estimate of drug-likeness (QED) is 0.634. The van der Waals surface area contributed by atoms with Crippen molar-refractivity contribution in [2.24, 2.45) is 0 Å². The second-order valence-electron chi connectivity index (χ2n) is 7.04. The second-order valence-corrected chi connectivity index (χ2v) is 8.90. The fraction of sp³-hybridized carbons (Fsp3) is 0.174. The van der Waals surface area contributed by atoms with Gasteiger partial charge in [0.1, 0.15) is 11.5 Å². The average Bonchev–Trinajstić information content (AvgIpc) is 3.24. The molecule has 1 aliphatic rings. The van der Waals surface area contributed by atoms with E-state index >= 15 is 0 Å². The van der Waals surface area contributed by atoms with Gasteiger partial charge in [0.2, 0.25) is 0 Å². The summed E-state index contributed by atoms with van der Waals surface area (Å²) in [4.78, 5) is 12.8. The van der Waals surface area contributed by atoms with E-state index in [1.165, 1.54) is 42.8 Å². The molecule has 4 rings (SSSR count). The third-order valence-electron chi connectivity index (χ3n) is 5.16. The number of rotatable bonds is 6. The van der Waals surface area contributed by atoms with Crippen LogP contribution >= 0.6 is 0 Å². The first-order valence-corrected chi connectivity index (χ1v) is 11.1. The number of sulfonamides is 1. The summed E-state index contributed by atoms with van der Waals surface area (Å²) in [6.45, 7) is 0.404. The molecule has 0 bridgehead atoms. The summed E-state index contributed by atoms with van der Waals surface area (Å²) in [7, 11) is -0.651. The van der Waals surface area contributed by atoms with Gasteiger partial charge in [-0.1, -0.05) is 18.2 Å². The highest BCUT2D eigenvalue weighted by Crippen LogP contribution is 2.32. The number of methoxy groups -OCH3 is 2. The molecule has 1 N–H and O–H groups in total. The number of carbonyl (C=O) groups excluding carboxylic acids is 1. The Morgan fingerprint density at radius 2 is 1.58 bits per heavy atom. The lowest BCUT2D eigenvalue weighted by Crippen LogP contribution is -2.29. The van der Waals surface area contributed by atoms with Crippen LogP contribution in [0.4, 0.5) is 11.4 Å². The van der Waals surface area contributed by atoms with Gasteiger partial charge in [-0.05, 0) is 42.3 Å². The van der Waals surface area contributed by atoms with Gasteiger partial charge in [-0.2, -0.15) is 0 Å². The van der Waals surface area contributed by atoms with E-state index in [0.717, 1.165) is 5.56 Å². The Morgan fingerprint density at radius 1 is 0.935 bits per heavy atom. The zero-order valence-corrected chi connectivity index (χ0v) is 18.0. The molecule has 0 unspecified atom stereocenters. The van der Waals surface area contributed by atoms with Gasteiger partial charge >= 0.3 is 0 Å². The number of benzene rings is 3. The number of carbonyl (C=O) groups is 1. The topological polar surface area (TPSA) is 84.9 Å². The number of para-hydroxylation sites is 1. The summed E-state index contributed by atoms with van der Waals surface area (Å²) < 4.78 is 38.1. The van der Waals surface area contributed by atoms with Crippen LogP contribution < -0.4 is 19.1 Å². The minimum atomic E-state index is -3.70. The molecule has 0 fully saturated rings. The van der Waals surface area contributed by atoms with E-state index < -0.39 is 10.0 Å². The molecule has 1 heterocycles. The molecule has 3 aromatic carbocycles. The Hall–Kier alpha value is -3.52. The van der Waals surface area contributed by atoms with E-state index in [1.807, 2.05) is 24.3 Å². The van der Waals surface area contributed by atoms with Crippen molar-refractivity contribution in [3.63, 3.8) is 0 Å². The number of ether oxygens (including phenoxy) is 2. The molecule has 0 radical (unpaired) electrons. The normalized spacial score (nSPS) is 12.9. The molecule has 1 amide bonds. The molecule has 0 saturated carbocycles. The van der Waals surface area contributed by atoms with Crippen molar-refractivity contribution in [2.45, 2.75) is 11.3 Å². The van der Waals surface area contributed by atoms with Crippen molar-refractivity contribution >= 4 is 27.3 Å². The first-order chi connectivity index (χ1) is 14.9. The highest BCUT2D eigenvalue weighted by atomic mass is 32.2. The summed E-state index contributed by atoms with van der Waals surface area (Å²) in [5.74, 6) is 0.717. The van der Waals surface area contributed by atoms with Gasteiger partial charge in [0, 0.05) is 36.0 Å². The zero-order valence-electron chi connectivity index (χ0n) is 17.2. The predicted molar refractivity (Wildman–Crippen MR) is 119 cm³/mol. The summed E-state index contributed by atoms with van der Waals surface area (Å²) in [6, 6.07) is 18.4. The van der Waals surface area contributed by atoms with Crippen LogP contribution in [0.2, 0.25) is 0 Å². The molecular formula is C23H22N2O5S. The van der Waals surface area contributed by atoms with Crippen LogP contribution in [0.25, 0.3) is 0 Å². The molecule has 160 valence electrons. The van der Waals surface area contributed by atoms with Gasteiger partial charge in [0.15, 0.2) is 0 Å². The summed E-state index contributed by atoms with van der Waals surface area (Å²) in [5, 5.41) is 2.78. The number of amides is 1. The van der Waals surface area contributed by atoms with Crippen LogP contribution in [-0.4, -0.2) is 35.1 Å². The van der Waals surface area contributed by atoms with Crippen molar-refractivity contribution in [2.75, 3.05) is 30.4 Å². The van der Waals surface area contributed by atoms with Crippen molar-refractivity contribution < 1.29 is 22.7 Å². The maximum Gasteiger partial charge on any atom is 0.264 e. The Morgan fingerprint density at radius 3 is 2.23 bits per heavy atom. The molecule has 0 aliphatic carbocycles. The molecule has 0 saturated heterocycles. The van der Waals surface area contributed by atoms with Gasteiger partial charge in [0.25, 0.3) is 15.9 Å². The smallest absolute Gasteiger partial charge is 0.264 e. The molecule has 7 nitrogen and oxygen atoms in total. The van der Waals surface area contributed by atoms with Crippen LogP contribution in [-0.2, 0) is 16.4 Å². The Labute approximate surface area is 181 Å². The molecule has 3 aromatic rings. The van der Waals surface area contributed by atoms with E-state index in [0.29, 0.717) is 41.4 Å². The first-order valence-electron chi connectivity index (χ1n) is 9.67. The molecule has 0 aromatic heterocycles. The van der Waals surface area contributed by atoms with Crippen LogP contribution in [0.1, 0.15) is 15.9 Å². The fourth-order valence-electron chi connectivity index (χ4n) is 3.55. The monoisotopic (exact) mass is 438 g/mol. The van der Waals surface area contributed by atoms with Crippen molar-refractivity contribution in [1.82, 2.24) is 0 Å². The summed E-state index contributed by atoms with van der Waals surface area (Å²) in [5.41, 5.74) is 2.56. The summed E-state index contributed by atoms with van der Waals surface area (Å²) in [6.07, 6.45) is 0.680. The van der Waals surface area contributed by atoms with Crippen molar-refractivity contribution in [1.29, 1.82) is 0 Å². The lowest BCUT2D eigenvalue weighted by atomic mass is 10.2. The van der Waals surface area contributed by atoms with Crippen molar-refractivity contribution in [3.05, 3.63) is 77.9 Å². The van der Waals surface area contributed by atoms with E-state index in [9.17, 15) is 13.2 Å². The van der Waals surface area contributed by atoms with Gasteiger partial charge in [-0.25, -0.2) is 8.42 Å². The van der Waals surface area contributed by atoms with Crippen LogP contribution in [0.15, 0.2) is 71.6 Å². The third kappa shape index (κ3) is 4.06. The Bertz CT molecular complexity index is 1200. The minimum absolute atomic E-state index is 0.142. The molecule has 31 heavy (non-hydrogen) atoms. The van der Waals surface area contributed by atoms with Crippen LogP contribution in [0.5, 0.6) is 11.5 Å². The molecule has 0 atom stereocenters. The van der Waals surface area contributed by atoms with Crippen LogP contribution in [0, 0.1) is 0 Å². The van der Waals surface area contributed by atoms with E-state index in [-0.39, 0.29) is 10.8 Å². The van der Waals surface area contributed by atoms with Gasteiger partial charge < -0.3 is 14.8 Å². The number of nitrogens with one attached hydrogen (secondary N) is 1. The highest BCUT2D eigenvalue weighted by Gasteiger charge is 2.30. The lowest BCUT2D eigenvalue weighted by Gasteiger charge is -2.19. The first kappa shape index (κ1) is 20.7.